The van der Waals surface area contributed by atoms with Gasteiger partial charge in [0.1, 0.15) is 11.2 Å². The number of hydrogen-bond acceptors (Lipinski definition) is 4. The summed E-state index contributed by atoms with van der Waals surface area (Å²) in [5.41, 5.74) is 11.0. The molecule has 0 atom stereocenters. The molecular formula is C49H31N3O. The van der Waals surface area contributed by atoms with Crippen molar-refractivity contribution in [1.29, 1.82) is 0 Å². The minimum Gasteiger partial charge on any atom is -0.456 e. The minimum atomic E-state index is 0.603. The first kappa shape index (κ1) is 30.6. The molecule has 0 aliphatic carbocycles. The second kappa shape index (κ2) is 12.9. The zero-order chi connectivity index (χ0) is 35.1. The van der Waals surface area contributed by atoms with Crippen molar-refractivity contribution in [3.8, 4) is 67.5 Å². The van der Waals surface area contributed by atoms with Crippen LogP contribution in [0.15, 0.2) is 192 Å². The predicted molar refractivity (Wildman–Crippen MR) is 217 cm³/mol. The van der Waals surface area contributed by atoms with Gasteiger partial charge in [0, 0.05) is 27.5 Å². The lowest BCUT2D eigenvalue weighted by atomic mass is 9.93. The van der Waals surface area contributed by atoms with Crippen LogP contribution in [0, 0.1) is 0 Å². The zero-order valence-corrected chi connectivity index (χ0v) is 28.6. The van der Waals surface area contributed by atoms with E-state index in [0.717, 1.165) is 66.4 Å². The van der Waals surface area contributed by atoms with E-state index in [1.54, 1.807) is 0 Å². The summed E-state index contributed by atoms with van der Waals surface area (Å²) in [5, 5.41) is 4.64. The number of aromatic nitrogens is 3. The van der Waals surface area contributed by atoms with Gasteiger partial charge in [0.25, 0.3) is 0 Å². The molecule has 4 nitrogen and oxygen atoms in total. The van der Waals surface area contributed by atoms with E-state index < -0.39 is 0 Å². The summed E-state index contributed by atoms with van der Waals surface area (Å²) >= 11 is 0. The third-order valence-corrected chi connectivity index (χ3v) is 9.95. The first-order chi connectivity index (χ1) is 26.2. The van der Waals surface area contributed by atoms with Crippen molar-refractivity contribution in [2.24, 2.45) is 0 Å². The van der Waals surface area contributed by atoms with E-state index in [2.05, 4.69) is 133 Å². The average Bonchev–Trinajstić information content (AvgIpc) is 3.62. The summed E-state index contributed by atoms with van der Waals surface area (Å²) < 4.78 is 6.35. The second-order valence-electron chi connectivity index (χ2n) is 13.2. The summed E-state index contributed by atoms with van der Waals surface area (Å²) in [6.45, 7) is 0. The third-order valence-electron chi connectivity index (χ3n) is 9.95. The van der Waals surface area contributed by atoms with Crippen LogP contribution in [0.5, 0.6) is 0 Å². The van der Waals surface area contributed by atoms with Gasteiger partial charge >= 0.3 is 0 Å². The molecule has 0 saturated heterocycles. The number of para-hydroxylation sites is 1. The monoisotopic (exact) mass is 677 g/mol. The van der Waals surface area contributed by atoms with E-state index in [-0.39, 0.29) is 0 Å². The van der Waals surface area contributed by atoms with Crippen LogP contribution >= 0.6 is 0 Å². The molecule has 0 radical (unpaired) electrons. The van der Waals surface area contributed by atoms with Crippen LogP contribution < -0.4 is 0 Å². The Morgan fingerprint density at radius 1 is 0.283 bits per heavy atom. The fourth-order valence-corrected chi connectivity index (χ4v) is 7.20. The van der Waals surface area contributed by atoms with E-state index in [4.69, 9.17) is 19.4 Å². The Kier molecular flexibility index (Phi) is 7.43. The lowest BCUT2D eigenvalue weighted by Gasteiger charge is -2.14. The van der Waals surface area contributed by atoms with Gasteiger partial charge in [-0.2, -0.15) is 0 Å². The number of hydrogen-bond donors (Lipinski definition) is 0. The van der Waals surface area contributed by atoms with Crippen LogP contribution in [0.1, 0.15) is 0 Å². The van der Waals surface area contributed by atoms with Crippen molar-refractivity contribution in [3.05, 3.63) is 188 Å². The van der Waals surface area contributed by atoms with Crippen LogP contribution in [-0.4, -0.2) is 15.0 Å². The van der Waals surface area contributed by atoms with Gasteiger partial charge in [0.15, 0.2) is 17.5 Å². The van der Waals surface area contributed by atoms with Crippen LogP contribution in [0.25, 0.3) is 100 Å². The molecule has 8 aromatic carbocycles. The zero-order valence-electron chi connectivity index (χ0n) is 28.6. The minimum absolute atomic E-state index is 0.603. The van der Waals surface area contributed by atoms with Crippen molar-refractivity contribution in [1.82, 2.24) is 15.0 Å². The van der Waals surface area contributed by atoms with Gasteiger partial charge in [-0.05, 0) is 80.6 Å². The number of fused-ring (bicyclic) bond motifs is 4. The van der Waals surface area contributed by atoms with E-state index in [9.17, 15) is 0 Å². The van der Waals surface area contributed by atoms with Gasteiger partial charge in [-0.15, -0.1) is 0 Å². The largest absolute Gasteiger partial charge is 0.456 e. The molecule has 0 N–H and O–H groups in total. The van der Waals surface area contributed by atoms with Gasteiger partial charge in [-0.3, -0.25) is 0 Å². The number of nitrogens with zero attached hydrogens (tertiary/aromatic N) is 3. The molecule has 4 heteroatoms. The molecule has 0 bridgehead atoms. The van der Waals surface area contributed by atoms with E-state index >= 15 is 0 Å². The quantitative estimate of drug-likeness (QED) is 0.176. The molecule has 2 heterocycles. The molecule has 0 saturated carbocycles. The van der Waals surface area contributed by atoms with Crippen LogP contribution in [0.4, 0.5) is 0 Å². The standard InChI is InChI=1S/C49H31N3O/c1-3-11-32(12-4-1)39-25-28-43(44(30-39)40-26-27-42-41-17-9-10-18-45(41)53-46(42)31-40)49-51-47(35-14-5-2-6-15-35)50-48(52-49)36-22-19-34(20-23-36)38-24-21-33-13-7-8-16-37(33)29-38/h1-31H. The van der Waals surface area contributed by atoms with Gasteiger partial charge in [-0.1, -0.05) is 152 Å². The maximum atomic E-state index is 6.35. The van der Waals surface area contributed by atoms with Crippen molar-refractivity contribution in [2.45, 2.75) is 0 Å². The maximum absolute atomic E-state index is 6.35. The molecule has 10 rings (SSSR count). The summed E-state index contributed by atoms with van der Waals surface area (Å²) in [6, 6.07) is 65.3. The highest BCUT2D eigenvalue weighted by Gasteiger charge is 2.18. The molecule has 248 valence electrons. The molecule has 0 fully saturated rings. The van der Waals surface area contributed by atoms with E-state index in [1.807, 2.05) is 54.6 Å². The molecule has 10 aromatic rings. The number of rotatable bonds is 6. The molecule has 2 aromatic heterocycles. The summed E-state index contributed by atoms with van der Waals surface area (Å²) in [7, 11) is 0. The highest BCUT2D eigenvalue weighted by Crippen LogP contribution is 2.39. The topological polar surface area (TPSA) is 51.8 Å². The van der Waals surface area contributed by atoms with Crippen molar-refractivity contribution in [2.75, 3.05) is 0 Å². The Bertz CT molecular complexity index is 2930. The second-order valence-corrected chi connectivity index (χ2v) is 13.2. The SMILES string of the molecule is c1ccc(-c2ccc(-c3nc(-c4ccccc4)nc(-c4ccc(-c5ccc6ccccc6c5)cc4)n3)c(-c3ccc4c(c3)oc3ccccc34)c2)cc1. The Morgan fingerprint density at radius 2 is 0.811 bits per heavy atom. The smallest absolute Gasteiger partial charge is 0.164 e. The molecule has 53 heavy (non-hydrogen) atoms. The van der Waals surface area contributed by atoms with Crippen molar-refractivity contribution < 1.29 is 4.42 Å². The fourth-order valence-electron chi connectivity index (χ4n) is 7.20. The third kappa shape index (κ3) is 5.73. The molecular weight excluding hydrogens is 647 g/mol. The van der Waals surface area contributed by atoms with Gasteiger partial charge in [0.2, 0.25) is 0 Å². The van der Waals surface area contributed by atoms with Gasteiger partial charge in [0.05, 0.1) is 0 Å². The normalized spacial score (nSPS) is 11.4. The fraction of sp³-hybridized carbons (Fsp3) is 0. The maximum Gasteiger partial charge on any atom is 0.164 e. The highest BCUT2D eigenvalue weighted by molar-refractivity contribution is 6.06. The first-order valence-corrected chi connectivity index (χ1v) is 17.8. The van der Waals surface area contributed by atoms with Crippen LogP contribution in [0.2, 0.25) is 0 Å². The summed E-state index contributed by atoms with van der Waals surface area (Å²) in [4.78, 5) is 15.4. The van der Waals surface area contributed by atoms with Gasteiger partial charge < -0.3 is 4.42 Å². The van der Waals surface area contributed by atoms with E-state index in [0.29, 0.717) is 17.5 Å². The lowest BCUT2D eigenvalue weighted by molar-refractivity contribution is 0.669. The van der Waals surface area contributed by atoms with Crippen molar-refractivity contribution in [3.63, 3.8) is 0 Å². The summed E-state index contributed by atoms with van der Waals surface area (Å²) in [6.07, 6.45) is 0. The molecule has 0 aliphatic rings. The molecule has 0 amide bonds. The Hall–Kier alpha value is -7.17. The van der Waals surface area contributed by atoms with Crippen LogP contribution in [-0.2, 0) is 0 Å². The Labute approximate surface area is 306 Å². The van der Waals surface area contributed by atoms with Gasteiger partial charge in [-0.25, -0.2) is 15.0 Å². The average molecular weight is 678 g/mol. The number of furan rings is 1. The number of benzene rings is 8. The predicted octanol–water partition coefficient (Wildman–Crippen LogP) is 12.9. The first-order valence-electron chi connectivity index (χ1n) is 17.8. The summed E-state index contributed by atoms with van der Waals surface area (Å²) in [5.74, 6) is 1.84. The molecule has 0 spiro atoms. The molecule has 0 aliphatic heterocycles. The Balaban J connectivity index is 1.13. The van der Waals surface area contributed by atoms with Crippen molar-refractivity contribution >= 4 is 32.7 Å². The Morgan fingerprint density at radius 3 is 1.60 bits per heavy atom. The molecule has 0 unspecified atom stereocenters. The highest BCUT2D eigenvalue weighted by atomic mass is 16.3. The lowest BCUT2D eigenvalue weighted by Crippen LogP contribution is -2.01. The van der Waals surface area contributed by atoms with Crippen LogP contribution in [0.3, 0.4) is 0 Å². The van der Waals surface area contributed by atoms with E-state index in [1.165, 1.54) is 16.3 Å².